The first-order valence-electron chi connectivity index (χ1n) is 10.6. The van der Waals surface area contributed by atoms with Gasteiger partial charge in [-0.3, -0.25) is 0 Å². The van der Waals surface area contributed by atoms with Crippen LogP contribution >= 0.6 is 0 Å². The summed E-state index contributed by atoms with van der Waals surface area (Å²) >= 11 is -2.43. The number of hydrogen-bond donors (Lipinski definition) is 0. The van der Waals surface area contributed by atoms with E-state index in [1.165, 1.54) is 51.8 Å². The minimum atomic E-state index is -2.43. The second kappa shape index (κ2) is 11.5. The molecule has 26 heavy (non-hydrogen) atoms. The van der Waals surface area contributed by atoms with E-state index in [4.69, 9.17) is 9.57 Å². The zero-order valence-corrected chi connectivity index (χ0v) is 20.1. The van der Waals surface area contributed by atoms with E-state index in [1.54, 1.807) is 0 Å². The number of unbranched alkanes of at least 4 members (excludes halogenated alkanes) is 3. The molecule has 148 valence electrons. The zero-order valence-electron chi connectivity index (χ0n) is 17.2. The molecule has 0 radical (unpaired) electrons. The Morgan fingerprint density at radius 1 is 1.08 bits per heavy atom. The van der Waals surface area contributed by atoms with Crippen LogP contribution in [0.3, 0.4) is 0 Å². The van der Waals surface area contributed by atoms with E-state index in [1.807, 2.05) is 36.6 Å². The van der Waals surface area contributed by atoms with Gasteiger partial charge in [0, 0.05) is 0 Å². The number of pyridine rings is 1. The number of methoxy groups -OCH3 is 1. The Morgan fingerprint density at radius 3 is 2.15 bits per heavy atom. The van der Waals surface area contributed by atoms with Gasteiger partial charge in [-0.25, -0.2) is 0 Å². The standard InChI is InChI=1S/C9H11N2O2.3C4H9.Sn/c1-12-9-5-7-13-11(9)8-4-2-3-6-10-8;3*1-3-4-2;/h2-6,9H,7H2,1H3;3*1,3-4H2,2H3;/t9-;;;;/m1..../s1. The van der Waals surface area contributed by atoms with E-state index in [2.05, 4.69) is 25.8 Å². The number of hydroxylamine groups is 1. The van der Waals surface area contributed by atoms with Crippen LogP contribution in [-0.2, 0) is 9.57 Å². The zero-order chi connectivity index (χ0) is 18.8. The molecule has 1 saturated heterocycles. The topological polar surface area (TPSA) is 34.6 Å². The van der Waals surface area contributed by atoms with Gasteiger partial charge in [0.2, 0.25) is 0 Å². The van der Waals surface area contributed by atoms with Crippen LogP contribution in [0.2, 0.25) is 17.2 Å². The van der Waals surface area contributed by atoms with Crippen molar-refractivity contribution in [2.45, 2.75) is 82.8 Å². The van der Waals surface area contributed by atoms with E-state index in [0.29, 0.717) is 3.93 Å². The number of anilines is 1. The van der Waals surface area contributed by atoms with Crippen LogP contribution in [0.5, 0.6) is 0 Å². The summed E-state index contributed by atoms with van der Waals surface area (Å²) < 4.78 is 11.1. The third-order valence-corrected chi connectivity index (χ3v) is 23.3. The molecule has 5 heteroatoms. The monoisotopic (exact) mass is 470 g/mol. The molecule has 0 aliphatic carbocycles. The second-order valence-corrected chi connectivity index (χ2v) is 21.9. The van der Waals surface area contributed by atoms with E-state index in [9.17, 15) is 0 Å². The van der Waals surface area contributed by atoms with Crippen molar-refractivity contribution in [1.82, 2.24) is 4.98 Å². The summed E-state index contributed by atoms with van der Waals surface area (Å²) in [6.45, 7) is 7.81. The Bertz CT molecular complexity index is 478. The molecule has 2 heterocycles. The average Bonchev–Trinajstić information content (AvgIpc) is 3.13. The van der Waals surface area contributed by atoms with E-state index >= 15 is 0 Å². The molecule has 0 amide bonds. The summed E-state index contributed by atoms with van der Waals surface area (Å²) in [7, 11) is 1.85. The van der Waals surface area contributed by atoms with Gasteiger partial charge in [0.25, 0.3) is 0 Å². The molecule has 4 nitrogen and oxygen atoms in total. The van der Waals surface area contributed by atoms with Crippen molar-refractivity contribution in [1.29, 1.82) is 0 Å². The van der Waals surface area contributed by atoms with E-state index in [-0.39, 0.29) is 6.23 Å². The maximum atomic E-state index is 6.20. The van der Waals surface area contributed by atoms with Crippen LogP contribution in [0.1, 0.15) is 59.3 Å². The van der Waals surface area contributed by atoms with Gasteiger partial charge >= 0.3 is 165 Å². The van der Waals surface area contributed by atoms with Crippen LogP contribution in [0.15, 0.2) is 24.4 Å². The maximum absolute atomic E-state index is 6.20. The molecule has 0 unspecified atom stereocenters. The molecule has 0 spiro atoms. The summed E-state index contributed by atoms with van der Waals surface area (Å²) in [4.78, 5) is 10.7. The molecule has 1 aromatic heterocycles. The van der Waals surface area contributed by atoms with E-state index < -0.39 is 18.4 Å². The summed E-state index contributed by atoms with van der Waals surface area (Å²) in [5.41, 5.74) is 0. The third-order valence-electron chi connectivity index (χ3n) is 5.96. The van der Waals surface area contributed by atoms with Crippen molar-refractivity contribution < 1.29 is 9.57 Å². The fourth-order valence-corrected chi connectivity index (χ4v) is 22.5. The van der Waals surface area contributed by atoms with Crippen molar-refractivity contribution in [3.63, 3.8) is 0 Å². The van der Waals surface area contributed by atoms with Gasteiger partial charge < -0.3 is 0 Å². The van der Waals surface area contributed by atoms with Crippen molar-refractivity contribution in [2.75, 3.05) is 18.8 Å². The first kappa shape index (κ1) is 22.0. The van der Waals surface area contributed by atoms with Crippen LogP contribution in [0.4, 0.5) is 5.82 Å². The Kier molecular flexibility index (Phi) is 9.71. The predicted octanol–water partition coefficient (Wildman–Crippen LogP) is 6.03. The van der Waals surface area contributed by atoms with Crippen LogP contribution in [0, 0.1) is 0 Å². The van der Waals surface area contributed by atoms with Gasteiger partial charge in [-0.1, -0.05) is 0 Å². The molecule has 1 aliphatic heterocycles. The van der Waals surface area contributed by atoms with Gasteiger partial charge in [0.1, 0.15) is 0 Å². The Hall–Kier alpha value is -0.331. The SMILES string of the molecule is CCC[CH2][Sn]([CH2]CCC)([CH2]CCC)[C@@H]1CON(c2ccccn2)[C@@H]1OC. The molecule has 2 rings (SSSR count). The van der Waals surface area contributed by atoms with E-state index in [0.717, 1.165) is 12.4 Å². The Morgan fingerprint density at radius 2 is 1.69 bits per heavy atom. The van der Waals surface area contributed by atoms with Gasteiger partial charge in [0.15, 0.2) is 0 Å². The first-order chi connectivity index (χ1) is 12.7. The van der Waals surface area contributed by atoms with Crippen LogP contribution in [-0.4, -0.2) is 43.3 Å². The molecule has 0 aromatic carbocycles. The Balaban J connectivity index is 2.28. The van der Waals surface area contributed by atoms with Gasteiger partial charge in [0.05, 0.1) is 0 Å². The first-order valence-corrected chi connectivity index (χ1v) is 18.3. The summed E-state index contributed by atoms with van der Waals surface area (Å²) in [5, 5.41) is 1.96. The molecule has 0 saturated carbocycles. The molecular formula is C21H38N2O2Sn. The fraction of sp³-hybridized carbons (Fsp3) is 0.762. The number of nitrogens with zero attached hydrogens (tertiary/aromatic N) is 2. The molecule has 0 N–H and O–H groups in total. The van der Waals surface area contributed by atoms with Crippen molar-refractivity contribution >= 4 is 24.2 Å². The van der Waals surface area contributed by atoms with Gasteiger partial charge in [-0.2, -0.15) is 0 Å². The quantitative estimate of drug-likeness (QED) is 0.351. The minimum absolute atomic E-state index is 0.0336. The van der Waals surface area contributed by atoms with Gasteiger partial charge in [-0.05, 0) is 0 Å². The van der Waals surface area contributed by atoms with Crippen molar-refractivity contribution in [3.8, 4) is 0 Å². The number of ether oxygens (including phenoxy) is 1. The number of aromatic nitrogens is 1. The van der Waals surface area contributed by atoms with Crippen LogP contribution in [0.25, 0.3) is 0 Å². The summed E-state index contributed by atoms with van der Waals surface area (Å²) in [5.74, 6) is 0.878. The second-order valence-electron chi connectivity index (χ2n) is 7.72. The predicted molar refractivity (Wildman–Crippen MR) is 112 cm³/mol. The normalized spacial score (nSPS) is 20.7. The number of rotatable bonds is 12. The van der Waals surface area contributed by atoms with Gasteiger partial charge in [-0.15, -0.1) is 0 Å². The van der Waals surface area contributed by atoms with Crippen molar-refractivity contribution in [2.24, 2.45) is 0 Å². The van der Waals surface area contributed by atoms with Crippen molar-refractivity contribution in [3.05, 3.63) is 24.4 Å². The molecule has 0 bridgehead atoms. The van der Waals surface area contributed by atoms with Crippen LogP contribution < -0.4 is 5.06 Å². The fourth-order valence-electron chi connectivity index (χ4n) is 4.42. The molecule has 1 aromatic rings. The molecular weight excluding hydrogens is 431 g/mol. The summed E-state index contributed by atoms with van der Waals surface area (Å²) in [6.07, 6.45) is 9.89. The average molecular weight is 469 g/mol. The summed E-state index contributed by atoms with van der Waals surface area (Å²) in [6, 6.07) is 6.00. The number of hydrogen-bond acceptors (Lipinski definition) is 4. The molecule has 1 fully saturated rings. The third kappa shape index (κ3) is 5.35. The Labute approximate surface area is 164 Å². The molecule has 1 aliphatic rings. The molecule has 2 atom stereocenters.